The lowest BCUT2D eigenvalue weighted by molar-refractivity contribution is 0.150. The molecule has 0 spiro atoms. The number of nitrogens with zero attached hydrogens (tertiary/aromatic N) is 1. The molecule has 2 fully saturated rings. The lowest BCUT2D eigenvalue weighted by Crippen LogP contribution is -2.55. The number of hydrogen-bond donors (Lipinski definition) is 0. The van der Waals surface area contributed by atoms with Crippen LogP contribution < -0.4 is 0 Å². The fourth-order valence-electron chi connectivity index (χ4n) is 3.29. The summed E-state index contributed by atoms with van der Waals surface area (Å²) in [6, 6.07) is 2.12. The number of halogens is 1. The van der Waals surface area contributed by atoms with Crippen molar-refractivity contribution in [2.45, 2.75) is 43.5 Å². The maximum absolute atomic E-state index is 12.2. The van der Waals surface area contributed by atoms with Crippen LogP contribution in [0.15, 0.2) is 11.4 Å². The smallest absolute Gasteiger partial charge is 0.155 e. The zero-order chi connectivity index (χ0) is 13.5. The van der Waals surface area contributed by atoms with Gasteiger partial charge < -0.3 is 0 Å². The molecule has 1 saturated heterocycles. The third kappa shape index (κ3) is 2.71. The summed E-state index contributed by atoms with van der Waals surface area (Å²) in [5, 5.41) is 2.66. The van der Waals surface area contributed by atoms with Crippen LogP contribution in [0.3, 0.4) is 0 Å². The van der Waals surface area contributed by atoms with Crippen molar-refractivity contribution in [3.63, 3.8) is 0 Å². The Labute approximate surface area is 123 Å². The summed E-state index contributed by atoms with van der Waals surface area (Å²) in [4.78, 5) is 3.49. The van der Waals surface area contributed by atoms with Gasteiger partial charge in [0.15, 0.2) is 9.84 Å². The molecule has 0 amide bonds. The molecule has 2 aliphatic rings. The Morgan fingerprint density at radius 1 is 1.37 bits per heavy atom. The zero-order valence-corrected chi connectivity index (χ0v) is 13.1. The van der Waals surface area contributed by atoms with Gasteiger partial charge in [-0.25, -0.2) is 8.42 Å². The van der Waals surface area contributed by atoms with Crippen LogP contribution in [0.2, 0.25) is 5.02 Å². The lowest BCUT2D eigenvalue weighted by atomic mass is 9.93. The Morgan fingerprint density at radius 3 is 2.89 bits per heavy atom. The van der Waals surface area contributed by atoms with Gasteiger partial charge in [-0.2, -0.15) is 0 Å². The first-order chi connectivity index (χ1) is 9.08. The predicted octanol–water partition coefficient (Wildman–Crippen LogP) is 2.94. The molecule has 19 heavy (non-hydrogen) atoms. The highest BCUT2D eigenvalue weighted by Gasteiger charge is 2.42. The van der Waals surface area contributed by atoms with Crippen LogP contribution >= 0.6 is 22.9 Å². The third-order valence-electron chi connectivity index (χ3n) is 4.30. The van der Waals surface area contributed by atoms with Gasteiger partial charge in [0.05, 0.1) is 16.0 Å². The molecule has 2 atom stereocenters. The van der Waals surface area contributed by atoms with Gasteiger partial charge in [0.25, 0.3) is 0 Å². The summed E-state index contributed by atoms with van der Waals surface area (Å²) >= 11 is 7.82. The first kappa shape index (κ1) is 13.9. The molecule has 3 nitrogen and oxygen atoms in total. The van der Waals surface area contributed by atoms with Crippen molar-refractivity contribution in [2.24, 2.45) is 0 Å². The van der Waals surface area contributed by atoms with E-state index in [4.69, 9.17) is 11.6 Å². The number of sulfone groups is 1. The van der Waals surface area contributed by atoms with Crippen LogP contribution in [0.4, 0.5) is 0 Å². The standard InChI is InChI=1S/C13H18ClNO2S2/c14-10-5-7-18-12(10)9-15-6-8-19(16,17)13-4-2-1-3-11(13)15/h5,7,11,13H,1-4,6,8-9H2/t11-,13+/m1/s1. The minimum Gasteiger partial charge on any atom is -0.293 e. The highest BCUT2D eigenvalue weighted by atomic mass is 35.5. The minimum atomic E-state index is -2.88. The Morgan fingerprint density at radius 2 is 2.16 bits per heavy atom. The van der Waals surface area contributed by atoms with Crippen molar-refractivity contribution in [3.05, 3.63) is 21.3 Å². The average Bonchev–Trinajstić information content (AvgIpc) is 2.79. The van der Waals surface area contributed by atoms with Gasteiger partial charge >= 0.3 is 0 Å². The molecule has 0 N–H and O–H groups in total. The van der Waals surface area contributed by atoms with Crippen LogP contribution in [-0.4, -0.2) is 36.9 Å². The van der Waals surface area contributed by atoms with E-state index in [2.05, 4.69) is 4.90 Å². The van der Waals surface area contributed by atoms with E-state index in [1.165, 1.54) is 0 Å². The minimum absolute atomic E-state index is 0.145. The molecule has 0 bridgehead atoms. The van der Waals surface area contributed by atoms with Crippen LogP contribution in [0.1, 0.15) is 30.6 Å². The SMILES string of the molecule is O=S1(=O)CCN(Cc2sccc2Cl)[C@@H]2CCCC[C@@H]21. The lowest BCUT2D eigenvalue weighted by Gasteiger charge is -2.43. The molecule has 3 rings (SSSR count). The van der Waals surface area contributed by atoms with Crippen LogP contribution in [0.5, 0.6) is 0 Å². The first-order valence-corrected chi connectivity index (χ1v) is 9.73. The Kier molecular flexibility index (Phi) is 3.91. The van der Waals surface area contributed by atoms with Crippen LogP contribution in [-0.2, 0) is 16.4 Å². The van der Waals surface area contributed by atoms with E-state index in [0.717, 1.165) is 42.1 Å². The average molecular weight is 320 g/mol. The van der Waals surface area contributed by atoms with E-state index in [1.807, 2.05) is 11.4 Å². The van der Waals surface area contributed by atoms with Crippen molar-refractivity contribution in [1.29, 1.82) is 0 Å². The molecular weight excluding hydrogens is 302 g/mol. The van der Waals surface area contributed by atoms with Gasteiger partial charge in [0.2, 0.25) is 0 Å². The molecule has 1 aromatic rings. The van der Waals surface area contributed by atoms with E-state index in [0.29, 0.717) is 12.3 Å². The molecule has 106 valence electrons. The Balaban J connectivity index is 1.81. The van der Waals surface area contributed by atoms with Gasteiger partial charge in [-0.1, -0.05) is 24.4 Å². The van der Waals surface area contributed by atoms with Crippen molar-refractivity contribution < 1.29 is 8.42 Å². The fourth-order valence-corrected chi connectivity index (χ4v) is 6.52. The molecule has 6 heteroatoms. The molecular formula is C13H18ClNO2S2. The van der Waals surface area contributed by atoms with E-state index in [9.17, 15) is 8.42 Å². The summed E-state index contributed by atoms with van der Waals surface area (Å²) < 4.78 is 24.4. The number of hydrogen-bond acceptors (Lipinski definition) is 4. The van der Waals surface area contributed by atoms with E-state index >= 15 is 0 Å². The summed E-state index contributed by atoms with van der Waals surface area (Å²) in [5.74, 6) is 0.303. The second-order valence-electron chi connectivity index (χ2n) is 5.42. The molecule has 1 aliphatic heterocycles. The summed E-state index contributed by atoms with van der Waals surface area (Å²) in [6.07, 6.45) is 4.04. The number of thiophene rings is 1. The van der Waals surface area contributed by atoms with Crippen LogP contribution in [0, 0.1) is 0 Å². The summed E-state index contributed by atoms with van der Waals surface area (Å²) in [7, 11) is -2.88. The fraction of sp³-hybridized carbons (Fsp3) is 0.692. The van der Waals surface area contributed by atoms with Crippen molar-refractivity contribution in [2.75, 3.05) is 12.3 Å². The van der Waals surface area contributed by atoms with Crippen molar-refractivity contribution in [3.8, 4) is 0 Å². The van der Waals surface area contributed by atoms with Crippen molar-refractivity contribution >= 4 is 32.8 Å². The van der Waals surface area contributed by atoms with Crippen molar-refractivity contribution in [1.82, 2.24) is 4.90 Å². The highest BCUT2D eigenvalue weighted by Crippen LogP contribution is 2.34. The van der Waals surface area contributed by atoms with Gasteiger partial charge in [0, 0.05) is 24.0 Å². The van der Waals surface area contributed by atoms with Gasteiger partial charge in [-0.3, -0.25) is 4.90 Å². The first-order valence-electron chi connectivity index (χ1n) is 6.75. The Hall–Kier alpha value is -0.100. The molecule has 0 aromatic carbocycles. The van der Waals surface area contributed by atoms with Gasteiger partial charge in [-0.15, -0.1) is 11.3 Å². The third-order valence-corrected chi connectivity index (χ3v) is 7.89. The zero-order valence-electron chi connectivity index (χ0n) is 10.7. The molecule has 1 aromatic heterocycles. The molecule has 1 saturated carbocycles. The number of rotatable bonds is 2. The second kappa shape index (κ2) is 5.35. The van der Waals surface area contributed by atoms with E-state index < -0.39 is 9.84 Å². The van der Waals surface area contributed by atoms with Gasteiger partial charge in [0.1, 0.15) is 0 Å². The quantitative estimate of drug-likeness (QED) is 0.841. The molecule has 1 aliphatic carbocycles. The maximum Gasteiger partial charge on any atom is 0.155 e. The molecule has 2 heterocycles. The summed E-state index contributed by atoms with van der Waals surface area (Å²) in [5.41, 5.74) is 0. The normalized spacial score (nSPS) is 31.0. The summed E-state index contributed by atoms with van der Waals surface area (Å²) in [6.45, 7) is 1.45. The molecule has 0 radical (unpaired) electrons. The van der Waals surface area contributed by atoms with E-state index in [1.54, 1.807) is 11.3 Å². The highest BCUT2D eigenvalue weighted by molar-refractivity contribution is 7.92. The van der Waals surface area contributed by atoms with E-state index in [-0.39, 0.29) is 11.3 Å². The Bertz CT molecular complexity index is 555. The largest absolute Gasteiger partial charge is 0.293 e. The predicted molar refractivity (Wildman–Crippen MR) is 79.6 cm³/mol. The van der Waals surface area contributed by atoms with Gasteiger partial charge in [-0.05, 0) is 24.3 Å². The maximum atomic E-state index is 12.2. The monoisotopic (exact) mass is 319 g/mol. The molecule has 0 unspecified atom stereocenters. The second-order valence-corrected chi connectivity index (χ2v) is 9.17. The van der Waals surface area contributed by atoms with Crippen LogP contribution in [0.25, 0.3) is 0 Å². The number of fused-ring (bicyclic) bond motifs is 1. The topological polar surface area (TPSA) is 37.4 Å².